The van der Waals surface area contributed by atoms with E-state index in [4.69, 9.17) is 19.3 Å². The van der Waals surface area contributed by atoms with E-state index in [1.165, 1.54) is 49.7 Å². The number of aromatic amines is 1. The minimum atomic E-state index is -0.317. The molecule has 80 heavy (non-hydrogen) atoms. The minimum Gasteiger partial charge on any atom is -0.399 e. The molecule has 0 atom stereocenters. The summed E-state index contributed by atoms with van der Waals surface area (Å²) in [5.74, 6) is 1.87. The molecule has 386 valence electrons. The van der Waals surface area contributed by atoms with Gasteiger partial charge in [0, 0.05) is 43.2 Å². The van der Waals surface area contributed by atoms with Gasteiger partial charge in [0.2, 0.25) is 11.6 Å². The van der Waals surface area contributed by atoms with Crippen molar-refractivity contribution in [1.29, 1.82) is 0 Å². The predicted octanol–water partition coefficient (Wildman–Crippen LogP) is 16.5. The Hall–Kier alpha value is -9.00. The Morgan fingerprint density at radius 3 is 1.66 bits per heavy atom. The number of rotatable bonds is 4. The first kappa shape index (κ1) is 48.2. The number of benzene rings is 10. The highest BCUT2D eigenvalue weighted by atomic mass is 79.9. The molecule has 5 aromatic heterocycles. The molecule has 17 rings (SSSR count). The van der Waals surface area contributed by atoms with E-state index >= 15 is 0 Å². The van der Waals surface area contributed by atoms with Crippen LogP contribution in [0.25, 0.3) is 111 Å². The monoisotopic (exact) mass is 1100 g/mol. The molecule has 6 heterocycles. The van der Waals surface area contributed by atoms with Gasteiger partial charge in [-0.2, -0.15) is 0 Å². The molecule has 1 aliphatic heterocycles. The quantitative estimate of drug-likeness (QED) is 0.178. The number of para-hydroxylation sites is 9. The van der Waals surface area contributed by atoms with Crippen molar-refractivity contribution in [2.75, 3.05) is 0 Å². The number of halogens is 1. The maximum Gasteiger partial charge on any atom is 0.494 e. The van der Waals surface area contributed by atoms with Crippen LogP contribution in [0.4, 0.5) is 0 Å². The van der Waals surface area contributed by atoms with E-state index in [0.717, 1.165) is 88.9 Å². The van der Waals surface area contributed by atoms with E-state index in [1.54, 1.807) is 0 Å². The molecule has 1 saturated heterocycles. The Balaban J connectivity index is 0.000000108. The maximum atomic E-state index is 6.16. The fourth-order valence-electron chi connectivity index (χ4n) is 12.0. The average Bonchev–Trinajstić information content (AvgIpc) is 4.39. The highest BCUT2D eigenvalue weighted by Gasteiger charge is 2.51. The van der Waals surface area contributed by atoms with Gasteiger partial charge >= 0.3 is 7.12 Å². The molecule has 0 unspecified atom stereocenters. The van der Waals surface area contributed by atoms with Gasteiger partial charge in [-0.1, -0.05) is 146 Å². The zero-order chi connectivity index (χ0) is 53.9. The summed E-state index contributed by atoms with van der Waals surface area (Å²) >= 11 is 3.71. The van der Waals surface area contributed by atoms with E-state index in [0.29, 0.717) is 0 Å². The Kier molecular flexibility index (Phi) is 11.2. The zero-order valence-corrected chi connectivity index (χ0v) is 46.2. The molecule has 0 radical (unpaired) electrons. The summed E-state index contributed by atoms with van der Waals surface area (Å²) in [5.41, 5.74) is 21.8. The van der Waals surface area contributed by atoms with E-state index in [2.05, 4.69) is 279 Å². The summed E-state index contributed by atoms with van der Waals surface area (Å²) in [6, 6.07) is 80.9. The molecule has 11 heteroatoms. The molecular formula is C69H53BBrN7O2. The van der Waals surface area contributed by atoms with Crippen LogP contribution in [0, 0.1) is 0 Å². The lowest BCUT2D eigenvalue weighted by molar-refractivity contribution is 0.00578. The molecule has 2 aliphatic rings. The second kappa shape index (κ2) is 18.6. The molecule has 10 aromatic carbocycles. The van der Waals surface area contributed by atoms with Crippen LogP contribution in [0.2, 0.25) is 0 Å². The number of nitrogens with one attached hydrogen (secondary N) is 1. The fraction of sp³-hybridized carbons (Fsp3) is 0.101. The molecule has 0 spiro atoms. The number of H-pyrrole nitrogens is 1. The third kappa shape index (κ3) is 7.67. The minimum absolute atomic E-state index is 0.313. The van der Waals surface area contributed by atoms with Crippen LogP contribution in [0.5, 0.6) is 0 Å². The van der Waals surface area contributed by atoms with Crippen molar-refractivity contribution in [3.8, 4) is 33.6 Å². The van der Waals surface area contributed by atoms with Crippen molar-refractivity contribution in [2.45, 2.75) is 45.3 Å². The summed E-state index contributed by atoms with van der Waals surface area (Å²) in [6.07, 6.45) is 1.01. The molecule has 0 bridgehead atoms. The number of fused-ring (bicyclic) bond motifs is 16. The van der Waals surface area contributed by atoms with E-state index in [9.17, 15) is 0 Å². The molecule has 15 aromatic rings. The Labute approximate surface area is 470 Å². The number of hydrogen-bond donors (Lipinski definition) is 1. The Bertz CT molecular complexity index is 4900. The molecule has 1 N–H and O–H groups in total. The topological polar surface area (TPSA) is 78.7 Å². The normalized spacial score (nSPS) is 14.3. The van der Waals surface area contributed by atoms with E-state index in [1.807, 2.05) is 18.2 Å². The van der Waals surface area contributed by atoms with Gasteiger partial charge in [-0.3, -0.25) is 17.9 Å². The van der Waals surface area contributed by atoms with Crippen LogP contribution in [0.15, 0.2) is 235 Å². The van der Waals surface area contributed by atoms with Gasteiger partial charge in [0.1, 0.15) is 0 Å². The second-order valence-electron chi connectivity index (χ2n) is 21.9. The predicted molar refractivity (Wildman–Crippen MR) is 332 cm³/mol. The van der Waals surface area contributed by atoms with Gasteiger partial charge in [-0.25, -0.2) is 9.97 Å². The summed E-state index contributed by atoms with van der Waals surface area (Å²) in [4.78, 5) is 13.4. The lowest BCUT2D eigenvalue weighted by Gasteiger charge is -2.32. The van der Waals surface area contributed by atoms with Crippen LogP contribution in [-0.2, 0) is 15.7 Å². The van der Waals surface area contributed by atoms with Gasteiger partial charge in [0.25, 0.3) is 0 Å². The Morgan fingerprint density at radius 1 is 0.450 bits per heavy atom. The maximum absolute atomic E-state index is 6.16. The summed E-state index contributed by atoms with van der Waals surface area (Å²) in [7, 11) is -0.317. The van der Waals surface area contributed by atoms with Gasteiger partial charge in [0.15, 0.2) is 0 Å². The first-order chi connectivity index (χ1) is 39.1. The number of nitrogens with zero attached hydrogens (tertiary/aromatic N) is 6. The van der Waals surface area contributed by atoms with Gasteiger partial charge in [0.05, 0.1) is 55.3 Å². The molecular weight excluding hydrogens is 1050 g/mol. The highest BCUT2D eigenvalue weighted by molar-refractivity contribution is 9.10. The summed E-state index contributed by atoms with van der Waals surface area (Å²) in [5, 5.41) is 2.44. The van der Waals surface area contributed by atoms with E-state index in [-0.39, 0.29) is 18.3 Å². The third-order valence-corrected chi connectivity index (χ3v) is 17.2. The van der Waals surface area contributed by atoms with Crippen LogP contribution in [-0.4, -0.2) is 51.2 Å². The van der Waals surface area contributed by atoms with Crippen molar-refractivity contribution < 1.29 is 9.31 Å². The standard InChI is InChI=1S/C32H21N3.C19H12BrN3.C18H20BNO2/c1-2-10-24(11-3-1)34-31-26(23-18-17-22-19-21-9-4-5-12-25(21)27(22)20-23)13-8-16-30(31)35-29-15-7-6-14-28(29)33-32(34)35;20-14-9-6-12-17-18(14)22(13-7-2-1-3-8-13)19-21-15-10-4-5-11-16(15)23(17)19;1-17(2)18(3,4)22-19(21-17)12-9-10-16-14(11-12)13-7-5-6-8-15(13)20-16/h1-18,20H,19H2;1-12H;5-11,20H,1-4H3. The first-order valence-corrected chi connectivity index (χ1v) is 28.0. The highest BCUT2D eigenvalue weighted by Crippen LogP contribution is 2.42. The van der Waals surface area contributed by atoms with Crippen molar-refractivity contribution in [2.24, 2.45) is 0 Å². The van der Waals surface area contributed by atoms with Crippen molar-refractivity contribution in [3.05, 3.63) is 246 Å². The fourth-order valence-corrected chi connectivity index (χ4v) is 12.5. The number of imidazole rings is 4. The smallest absolute Gasteiger partial charge is 0.399 e. The largest absolute Gasteiger partial charge is 0.494 e. The van der Waals surface area contributed by atoms with Crippen LogP contribution in [0.3, 0.4) is 0 Å². The van der Waals surface area contributed by atoms with Crippen LogP contribution < -0.4 is 5.46 Å². The van der Waals surface area contributed by atoms with Crippen LogP contribution >= 0.6 is 15.9 Å². The molecule has 9 nitrogen and oxygen atoms in total. The van der Waals surface area contributed by atoms with Gasteiger partial charge in [-0.05, 0) is 168 Å². The van der Waals surface area contributed by atoms with Crippen molar-refractivity contribution in [3.63, 3.8) is 0 Å². The number of aromatic nitrogens is 7. The SMILES string of the molecule is Brc1cccc2c1n(-c1ccccc1)c1nc3ccccc3n21.CC1(C)OB(c2ccc3[nH]c4ccccc4c3c2)OC1(C)C.c1ccc(-n2c3c(-c4ccc5c(c4)-c4ccccc4C5)cccc3n3c4ccccc4nc23)cc1. The van der Waals surface area contributed by atoms with Crippen molar-refractivity contribution >= 4 is 106 Å². The van der Waals surface area contributed by atoms with Gasteiger partial charge < -0.3 is 14.3 Å². The van der Waals surface area contributed by atoms with E-state index < -0.39 is 0 Å². The third-order valence-electron chi connectivity index (χ3n) is 16.6. The summed E-state index contributed by atoms with van der Waals surface area (Å²) < 4.78 is 22.4. The molecule has 1 fully saturated rings. The Morgan fingerprint density at radius 2 is 0.975 bits per heavy atom. The average molecular weight is 1100 g/mol. The molecule has 1 aliphatic carbocycles. The zero-order valence-electron chi connectivity index (χ0n) is 44.6. The first-order valence-electron chi connectivity index (χ1n) is 27.2. The van der Waals surface area contributed by atoms with Gasteiger partial charge in [-0.15, -0.1) is 0 Å². The second-order valence-corrected chi connectivity index (χ2v) is 22.7. The lowest BCUT2D eigenvalue weighted by atomic mass is 9.78. The molecule has 0 amide bonds. The van der Waals surface area contributed by atoms with Crippen molar-refractivity contribution in [1.82, 2.24) is 32.9 Å². The lowest BCUT2D eigenvalue weighted by Crippen LogP contribution is -2.41. The molecule has 0 saturated carbocycles. The number of hydrogen-bond acceptors (Lipinski definition) is 4. The van der Waals surface area contributed by atoms with Crippen LogP contribution in [0.1, 0.15) is 38.8 Å². The summed E-state index contributed by atoms with van der Waals surface area (Å²) in [6.45, 7) is 8.32.